The third kappa shape index (κ3) is 2.90. The van der Waals surface area contributed by atoms with Gasteiger partial charge in [-0.1, -0.05) is 17.7 Å². The number of aromatic nitrogens is 2. The van der Waals surface area contributed by atoms with Crippen LogP contribution in [0.2, 0.25) is 5.02 Å². The Labute approximate surface area is 109 Å². The van der Waals surface area contributed by atoms with Crippen molar-refractivity contribution in [2.45, 2.75) is 13.3 Å². The summed E-state index contributed by atoms with van der Waals surface area (Å²) in [6.45, 7) is 1.84. The molecule has 5 heteroatoms. The average molecular weight is 265 g/mol. The number of Topliss-reactive ketones (excluding diaryl/α,β-unsaturated/α-hetero) is 1. The summed E-state index contributed by atoms with van der Waals surface area (Å²) < 4.78 is 13.0. The smallest absolute Gasteiger partial charge is 0.204 e. The maximum atomic E-state index is 13.0. The second-order valence-electron chi connectivity index (χ2n) is 3.93. The van der Waals surface area contributed by atoms with Gasteiger partial charge in [-0.2, -0.15) is 0 Å². The fraction of sp³-hybridized carbons (Fsp3) is 0.154. The largest absolute Gasteiger partial charge is 0.290 e. The van der Waals surface area contributed by atoms with E-state index in [1.165, 1.54) is 18.2 Å². The van der Waals surface area contributed by atoms with Crippen LogP contribution in [0.4, 0.5) is 4.39 Å². The Morgan fingerprint density at radius 1 is 1.33 bits per heavy atom. The Bertz CT molecular complexity index is 584. The highest BCUT2D eigenvalue weighted by molar-refractivity contribution is 6.30. The third-order valence-electron chi connectivity index (χ3n) is 2.38. The lowest BCUT2D eigenvalue weighted by Gasteiger charge is -2.02. The summed E-state index contributed by atoms with van der Waals surface area (Å²) >= 11 is 5.65. The highest BCUT2D eigenvalue weighted by Gasteiger charge is 2.11. The van der Waals surface area contributed by atoms with Gasteiger partial charge < -0.3 is 0 Å². The van der Waals surface area contributed by atoms with Crippen LogP contribution >= 0.6 is 11.6 Å². The number of rotatable bonds is 3. The molecule has 2 aromatic rings. The predicted octanol–water partition coefficient (Wildman–Crippen LogP) is 3.00. The van der Waals surface area contributed by atoms with Crippen LogP contribution in [0.5, 0.6) is 0 Å². The number of benzene rings is 1. The summed E-state index contributed by atoms with van der Waals surface area (Å²) in [5.74, 6) is -0.571. The van der Waals surface area contributed by atoms with Gasteiger partial charge in [0.2, 0.25) is 5.78 Å². The van der Waals surface area contributed by atoms with Crippen molar-refractivity contribution in [2.75, 3.05) is 0 Å². The highest BCUT2D eigenvalue weighted by Crippen LogP contribution is 2.17. The molecule has 2 rings (SSSR count). The molecule has 0 aliphatic rings. The van der Waals surface area contributed by atoms with Crippen molar-refractivity contribution < 1.29 is 9.18 Å². The van der Waals surface area contributed by atoms with Crippen LogP contribution in [0.1, 0.15) is 21.7 Å². The minimum Gasteiger partial charge on any atom is -0.290 e. The monoisotopic (exact) mass is 264 g/mol. The molecule has 0 unspecified atom stereocenters. The molecule has 1 heterocycles. The summed E-state index contributed by atoms with van der Waals surface area (Å²) in [5.41, 5.74) is 1.52. The molecular weight excluding hydrogens is 255 g/mol. The van der Waals surface area contributed by atoms with Crippen molar-refractivity contribution in [1.82, 2.24) is 9.97 Å². The highest BCUT2D eigenvalue weighted by atomic mass is 35.5. The van der Waals surface area contributed by atoms with Crippen molar-refractivity contribution in [3.8, 4) is 0 Å². The van der Waals surface area contributed by atoms with Gasteiger partial charge in [0.15, 0.2) is 5.82 Å². The molecule has 0 radical (unpaired) electrons. The zero-order valence-electron chi connectivity index (χ0n) is 9.65. The Morgan fingerprint density at radius 2 is 2.00 bits per heavy atom. The van der Waals surface area contributed by atoms with Gasteiger partial charge in [0, 0.05) is 18.8 Å². The zero-order valence-corrected chi connectivity index (χ0v) is 10.4. The molecule has 0 spiro atoms. The van der Waals surface area contributed by atoms with Gasteiger partial charge in [0.05, 0.1) is 5.02 Å². The number of ketones is 1. The van der Waals surface area contributed by atoms with E-state index >= 15 is 0 Å². The molecule has 0 atom stereocenters. The van der Waals surface area contributed by atoms with Crippen molar-refractivity contribution in [3.63, 3.8) is 0 Å². The van der Waals surface area contributed by atoms with Crippen LogP contribution in [-0.4, -0.2) is 15.8 Å². The lowest BCUT2D eigenvalue weighted by molar-refractivity contribution is 0.0983. The molecule has 3 nitrogen and oxygen atoms in total. The predicted molar refractivity (Wildman–Crippen MR) is 66.2 cm³/mol. The lowest BCUT2D eigenvalue weighted by Crippen LogP contribution is -2.08. The maximum absolute atomic E-state index is 13.0. The van der Waals surface area contributed by atoms with Gasteiger partial charge in [0.25, 0.3) is 0 Å². The van der Waals surface area contributed by atoms with E-state index in [9.17, 15) is 9.18 Å². The van der Waals surface area contributed by atoms with Crippen molar-refractivity contribution in [2.24, 2.45) is 0 Å². The maximum Gasteiger partial charge on any atom is 0.204 e. The van der Waals surface area contributed by atoms with E-state index in [0.717, 1.165) is 5.56 Å². The molecule has 0 saturated heterocycles. The molecule has 0 aliphatic carbocycles. The van der Waals surface area contributed by atoms with Gasteiger partial charge in [-0.15, -0.1) is 0 Å². The summed E-state index contributed by atoms with van der Waals surface area (Å²) in [5, 5.41) is 0.00474. The number of hydrogen-bond donors (Lipinski definition) is 0. The van der Waals surface area contributed by atoms with Crippen LogP contribution in [0.25, 0.3) is 0 Å². The SMILES string of the molecule is Cc1cnc(C(=O)Cc2ccc(F)c(Cl)c2)nc1. The molecular formula is C13H10ClFN2O. The molecule has 1 aromatic heterocycles. The van der Waals surface area contributed by atoms with Gasteiger partial charge >= 0.3 is 0 Å². The standard InChI is InChI=1S/C13H10ClFN2O/c1-8-6-16-13(17-7-8)12(18)5-9-2-3-11(15)10(14)4-9/h2-4,6-7H,5H2,1H3. The van der Waals surface area contributed by atoms with E-state index in [0.29, 0.717) is 5.56 Å². The minimum absolute atomic E-state index is 0.00474. The second kappa shape index (κ2) is 5.23. The quantitative estimate of drug-likeness (QED) is 0.801. The van der Waals surface area contributed by atoms with E-state index in [1.807, 2.05) is 6.92 Å². The zero-order chi connectivity index (χ0) is 13.1. The molecule has 92 valence electrons. The Hall–Kier alpha value is -1.81. The van der Waals surface area contributed by atoms with E-state index in [-0.39, 0.29) is 23.1 Å². The third-order valence-corrected chi connectivity index (χ3v) is 2.67. The van der Waals surface area contributed by atoms with Crippen LogP contribution in [0, 0.1) is 12.7 Å². The van der Waals surface area contributed by atoms with Crippen molar-refractivity contribution in [1.29, 1.82) is 0 Å². The first-order valence-corrected chi connectivity index (χ1v) is 5.70. The van der Waals surface area contributed by atoms with Crippen LogP contribution < -0.4 is 0 Å². The molecule has 0 fully saturated rings. The first kappa shape index (κ1) is 12.6. The first-order chi connectivity index (χ1) is 8.56. The molecule has 0 amide bonds. The van der Waals surface area contributed by atoms with E-state index in [2.05, 4.69) is 9.97 Å². The topological polar surface area (TPSA) is 42.9 Å². The summed E-state index contributed by atoms with van der Waals surface area (Å²) in [4.78, 5) is 19.8. The van der Waals surface area contributed by atoms with Gasteiger partial charge in [0.1, 0.15) is 5.82 Å². The van der Waals surface area contributed by atoms with Gasteiger partial charge in [-0.3, -0.25) is 4.79 Å². The van der Waals surface area contributed by atoms with E-state index in [4.69, 9.17) is 11.6 Å². The number of carbonyl (C=O) groups excluding carboxylic acids is 1. The molecule has 18 heavy (non-hydrogen) atoms. The van der Waals surface area contributed by atoms with Crippen LogP contribution in [-0.2, 0) is 6.42 Å². The number of carbonyl (C=O) groups is 1. The molecule has 0 aliphatic heterocycles. The average Bonchev–Trinajstić information content (AvgIpc) is 2.34. The summed E-state index contributed by atoms with van der Waals surface area (Å²) in [6.07, 6.45) is 3.26. The Kier molecular flexibility index (Phi) is 3.67. The van der Waals surface area contributed by atoms with Crippen molar-refractivity contribution >= 4 is 17.4 Å². The number of nitrogens with zero attached hydrogens (tertiary/aromatic N) is 2. The Morgan fingerprint density at radius 3 is 2.61 bits per heavy atom. The summed E-state index contributed by atoms with van der Waals surface area (Å²) in [6, 6.07) is 4.19. The fourth-order valence-electron chi connectivity index (χ4n) is 1.45. The molecule has 0 bridgehead atoms. The number of hydrogen-bond acceptors (Lipinski definition) is 3. The lowest BCUT2D eigenvalue weighted by atomic mass is 10.1. The number of halogens is 2. The van der Waals surface area contributed by atoms with E-state index < -0.39 is 5.82 Å². The van der Waals surface area contributed by atoms with Gasteiger partial charge in [-0.25, -0.2) is 14.4 Å². The Balaban J connectivity index is 2.16. The minimum atomic E-state index is -0.501. The fourth-order valence-corrected chi connectivity index (χ4v) is 1.65. The van der Waals surface area contributed by atoms with Gasteiger partial charge in [-0.05, 0) is 30.2 Å². The summed E-state index contributed by atoms with van der Waals surface area (Å²) in [7, 11) is 0. The second-order valence-corrected chi connectivity index (χ2v) is 4.34. The number of aryl methyl sites for hydroxylation is 1. The normalized spacial score (nSPS) is 10.4. The first-order valence-electron chi connectivity index (χ1n) is 5.32. The van der Waals surface area contributed by atoms with Crippen molar-refractivity contribution in [3.05, 3.63) is 58.4 Å². The molecule has 0 saturated carbocycles. The molecule has 1 aromatic carbocycles. The van der Waals surface area contributed by atoms with Crippen LogP contribution in [0.15, 0.2) is 30.6 Å². The van der Waals surface area contributed by atoms with Crippen LogP contribution in [0.3, 0.4) is 0 Å². The molecule has 0 N–H and O–H groups in total. The van der Waals surface area contributed by atoms with E-state index in [1.54, 1.807) is 12.4 Å².